The number of nitrogens with one attached hydrogen (secondary N) is 1. The van der Waals surface area contributed by atoms with E-state index in [4.69, 9.17) is 4.74 Å². The fourth-order valence-corrected chi connectivity index (χ4v) is 13.7. The van der Waals surface area contributed by atoms with E-state index in [1.807, 2.05) is 0 Å². The van der Waals surface area contributed by atoms with Crippen LogP contribution in [0.25, 0.3) is 0 Å². The summed E-state index contributed by atoms with van der Waals surface area (Å²) in [6.07, 6.45) is 108. The molecule has 0 heterocycles. The Morgan fingerprint density at radius 2 is 0.538 bits per heavy atom. The van der Waals surface area contributed by atoms with Gasteiger partial charge in [-0.25, -0.2) is 0 Å². The molecule has 0 aromatic carbocycles. The number of amides is 1. The Morgan fingerprint density at radius 1 is 0.301 bits per heavy atom. The highest BCUT2D eigenvalue weighted by Gasteiger charge is 2.20. The summed E-state index contributed by atoms with van der Waals surface area (Å²) in [4.78, 5) is 24.7. The van der Waals surface area contributed by atoms with E-state index in [1.165, 1.54) is 398 Å². The third kappa shape index (κ3) is 79.0. The molecule has 93 heavy (non-hydrogen) atoms. The van der Waals surface area contributed by atoms with Gasteiger partial charge in [0.25, 0.3) is 0 Å². The number of hydrogen-bond acceptors (Lipinski definition) is 5. The maximum atomic E-state index is 12.6. The van der Waals surface area contributed by atoms with Crippen molar-refractivity contribution in [3.8, 4) is 0 Å². The molecule has 0 aliphatic rings. The van der Waals surface area contributed by atoms with Crippen LogP contribution in [-0.4, -0.2) is 47.4 Å². The van der Waals surface area contributed by atoms with Crippen LogP contribution in [0.3, 0.4) is 0 Å². The van der Waals surface area contributed by atoms with E-state index in [0.717, 1.165) is 51.4 Å². The quantitative estimate of drug-likeness (QED) is 0.0320. The van der Waals surface area contributed by atoms with Gasteiger partial charge in [-0.2, -0.15) is 0 Å². The average molecular weight is 1310 g/mol. The molecule has 0 bridgehead atoms. The van der Waals surface area contributed by atoms with E-state index in [9.17, 15) is 19.8 Å². The van der Waals surface area contributed by atoms with E-state index in [-0.39, 0.29) is 18.5 Å². The Morgan fingerprint density at radius 3 is 0.828 bits per heavy atom. The number of esters is 1. The minimum atomic E-state index is -0.663. The van der Waals surface area contributed by atoms with Crippen LogP contribution in [0.4, 0.5) is 0 Å². The van der Waals surface area contributed by atoms with Crippen LogP contribution in [0.15, 0.2) is 36.5 Å². The second kappa shape index (κ2) is 82.5. The summed E-state index contributed by atoms with van der Waals surface area (Å²) in [5.74, 6) is -0.00868. The number of carbonyl (C=O) groups is 2. The molecule has 0 radical (unpaired) electrons. The molecule has 1 amide bonds. The topological polar surface area (TPSA) is 95.9 Å². The first kappa shape index (κ1) is 91.1. The molecule has 0 spiro atoms. The third-order valence-electron chi connectivity index (χ3n) is 20.2. The number of ether oxygens (including phenoxy) is 1. The summed E-state index contributed by atoms with van der Waals surface area (Å²) in [5.41, 5.74) is 0. The lowest BCUT2D eigenvalue weighted by Crippen LogP contribution is -2.45. The maximum absolute atomic E-state index is 12.6. The van der Waals surface area contributed by atoms with Gasteiger partial charge in [-0.3, -0.25) is 9.59 Å². The summed E-state index contributed by atoms with van der Waals surface area (Å²) >= 11 is 0. The number of hydrogen-bond donors (Lipinski definition) is 3. The molecule has 6 heteroatoms. The van der Waals surface area contributed by atoms with Crippen molar-refractivity contribution in [2.75, 3.05) is 13.2 Å². The first-order valence-corrected chi connectivity index (χ1v) is 42.7. The lowest BCUT2D eigenvalue weighted by Gasteiger charge is -2.22. The Balaban J connectivity index is 3.34. The molecule has 0 rings (SSSR count). The van der Waals surface area contributed by atoms with Crippen molar-refractivity contribution in [3.63, 3.8) is 0 Å². The van der Waals surface area contributed by atoms with Crippen LogP contribution in [-0.2, 0) is 14.3 Å². The number of carbonyl (C=O) groups excluding carboxylic acids is 2. The number of unbranched alkanes of at least 4 members (excludes halogenated alkanes) is 64. The van der Waals surface area contributed by atoms with Crippen LogP contribution < -0.4 is 5.32 Å². The van der Waals surface area contributed by atoms with Gasteiger partial charge in [0.15, 0.2) is 0 Å². The Bertz CT molecular complexity index is 1510. The summed E-state index contributed by atoms with van der Waals surface area (Å²) in [7, 11) is 0. The normalized spacial score (nSPS) is 12.6. The molecule has 2 atom stereocenters. The summed E-state index contributed by atoms with van der Waals surface area (Å²) in [5, 5.41) is 23.4. The Kier molecular flexibility index (Phi) is 80.8. The fraction of sp³-hybridized carbons (Fsp3) is 0.908. The minimum Gasteiger partial charge on any atom is -0.466 e. The lowest BCUT2D eigenvalue weighted by molar-refractivity contribution is -0.143. The van der Waals surface area contributed by atoms with Crippen molar-refractivity contribution >= 4 is 11.9 Å². The van der Waals surface area contributed by atoms with Gasteiger partial charge in [-0.15, -0.1) is 0 Å². The molecule has 6 nitrogen and oxygen atoms in total. The van der Waals surface area contributed by atoms with Crippen LogP contribution >= 0.6 is 0 Å². The van der Waals surface area contributed by atoms with Crippen LogP contribution in [0.2, 0.25) is 0 Å². The zero-order valence-electron chi connectivity index (χ0n) is 63.3. The van der Waals surface area contributed by atoms with Crippen molar-refractivity contribution in [2.45, 2.75) is 495 Å². The van der Waals surface area contributed by atoms with E-state index >= 15 is 0 Å². The average Bonchev–Trinajstić information content (AvgIpc) is 3.74. The first-order chi connectivity index (χ1) is 46.0. The molecule has 0 fully saturated rings. The van der Waals surface area contributed by atoms with Gasteiger partial charge < -0.3 is 20.3 Å². The molecule has 550 valence electrons. The molecule has 3 N–H and O–H groups in total. The number of rotatable bonds is 81. The monoisotopic (exact) mass is 1310 g/mol. The highest BCUT2D eigenvalue weighted by Crippen LogP contribution is 2.20. The van der Waals surface area contributed by atoms with E-state index < -0.39 is 12.1 Å². The predicted molar refractivity (Wildman–Crippen MR) is 412 cm³/mol. The highest BCUT2D eigenvalue weighted by molar-refractivity contribution is 5.76. The number of allylic oxidation sites excluding steroid dienone is 6. The zero-order valence-corrected chi connectivity index (χ0v) is 63.3. The standard InChI is InChI=1S/C87H167NO5/c1-3-5-7-9-11-13-15-17-19-21-44-47-51-55-59-63-67-71-75-79-85(90)84(83-89)88-86(91)80-76-72-68-64-60-56-52-48-45-42-40-38-36-34-32-30-28-26-24-23-25-27-29-31-33-35-37-39-41-43-46-50-54-58-62-66-70-74-78-82-93-87(92)81-77-73-69-65-61-57-53-49-22-20-18-16-14-12-10-8-6-4-2/h20,22-24,27,29,84-85,89-90H,3-19,21,25-26,28,30-83H2,1-2H3,(H,88,91)/b22-20-,24-23-,29-27-. The van der Waals surface area contributed by atoms with Gasteiger partial charge in [0.05, 0.1) is 25.4 Å². The second-order valence-corrected chi connectivity index (χ2v) is 29.5. The van der Waals surface area contributed by atoms with Crippen molar-refractivity contribution < 1.29 is 24.5 Å². The van der Waals surface area contributed by atoms with Crippen LogP contribution in [0.5, 0.6) is 0 Å². The van der Waals surface area contributed by atoms with Gasteiger partial charge in [0.1, 0.15) is 0 Å². The van der Waals surface area contributed by atoms with E-state index in [1.54, 1.807) is 0 Å². The smallest absolute Gasteiger partial charge is 0.305 e. The van der Waals surface area contributed by atoms with Crippen molar-refractivity contribution in [1.82, 2.24) is 5.32 Å². The Labute approximate surface area is 583 Å². The molecule has 0 saturated heterocycles. The van der Waals surface area contributed by atoms with Gasteiger partial charge in [-0.05, 0) is 83.5 Å². The van der Waals surface area contributed by atoms with Crippen molar-refractivity contribution in [3.05, 3.63) is 36.5 Å². The molecule has 0 aliphatic heterocycles. The molecular weight excluding hydrogens is 1140 g/mol. The van der Waals surface area contributed by atoms with Crippen LogP contribution in [0.1, 0.15) is 483 Å². The van der Waals surface area contributed by atoms with Gasteiger partial charge in [0.2, 0.25) is 5.91 Å². The number of aliphatic hydroxyl groups is 2. The van der Waals surface area contributed by atoms with Crippen molar-refractivity contribution in [2.24, 2.45) is 0 Å². The zero-order chi connectivity index (χ0) is 67.0. The molecule has 0 saturated carbocycles. The SMILES string of the molecule is CCCCCCCCC/C=C\CCCCCCCCCC(=O)OCCCCCCCCCCCCCCCCC/C=C\C/C=C\CCCCCCCCCCCCCCCCCCCC(=O)NC(CO)C(O)CCCCCCCCCCCCCCCCCCCCC. The predicted octanol–water partition coefficient (Wildman–Crippen LogP) is 28.6. The summed E-state index contributed by atoms with van der Waals surface area (Å²) in [6, 6.07) is -0.540. The largest absolute Gasteiger partial charge is 0.466 e. The maximum Gasteiger partial charge on any atom is 0.305 e. The molecule has 2 unspecified atom stereocenters. The second-order valence-electron chi connectivity index (χ2n) is 29.5. The fourth-order valence-electron chi connectivity index (χ4n) is 13.7. The van der Waals surface area contributed by atoms with Gasteiger partial charge >= 0.3 is 5.97 Å². The molecule has 0 aliphatic carbocycles. The van der Waals surface area contributed by atoms with E-state index in [2.05, 4.69) is 55.6 Å². The summed E-state index contributed by atoms with van der Waals surface area (Å²) in [6.45, 7) is 5.00. The molecular formula is C87H167NO5. The molecule has 0 aromatic heterocycles. The van der Waals surface area contributed by atoms with E-state index in [0.29, 0.717) is 25.9 Å². The third-order valence-corrected chi connectivity index (χ3v) is 20.2. The Hall–Kier alpha value is -1.92. The van der Waals surface area contributed by atoms with Gasteiger partial charge in [-0.1, -0.05) is 423 Å². The first-order valence-electron chi connectivity index (χ1n) is 42.7. The number of aliphatic hydroxyl groups excluding tert-OH is 2. The lowest BCUT2D eigenvalue weighted by atomic mass is 10.0. The minimum absolute atomic E-state index is 0.0183. The van der Waals surface area contributed by atoms with Gasteiger partial charge in [0, 0.05) is 12.8 Å². The summed E-state index contributed by atoms with van der Waals surface area (Å²) < 4.78 is 5.51. The van der Waals surface area contributed by atoms with Crippen LogP contribution in [0, 0.1) is 0 Å². The highest BCUT2D eigenvalue weighted by atomic mass is 16.5. The molecule has 0 aromatic rings. The van der Waals surface area contributed by atoms with Crippen molar-refractivity contribution in [1.29, 1.82) is 0 Å².